The van der Waals surface area contributed by atoms with Crippen LogP contribution in [0.25, 0.3) is 32.6 Å². The summed E-state index contributed by atoms with van der Waals surface area (Å²) in [4.78, 5) is 17.0. The molecule has 0 atom stereocenters. The van der Waals surface area contributed by atoms with Crippen LogP contribution in [0.4, 0.5) is 0 Å². The van der Waals surface area contributed by atoms with Crippen molar-refractivity contribution in [1.82, 2.24) is 19.9 Å². The zero-order chi connectivity index (χ0) is 27.8. The van der Waals surface area contributed by atoms with Crippen molar-refractivity contribution in [2.24, 2.45) is 0 Å². The topological polar surface area (TPSA) is 51.6 Å². The number of nitrogens with zero attached hydrogens (tertiary/aromatic N) is 4. The molecular weight excluding hydrogens is 476 g/mol. The van der Waals surface area contributed by atoms with E-state index in [1.807, 2.05) is 36.9 Å². The van der Waals surface area contributed by atoms with Crippen LogP contribution in [0.5, 0.6) is 0 Å². The highest BCUT2D eigenvalue weighted by Crippen LogP contribution is 2.24. The lowest BCUT2D eigenvalue weighted by atomic mass is 9.99. The Balaban J connectivity index is 0.000000136. The van der Waals surface area contributed by atoms with Crippen LogP contribution in [-0.4, -0.2) is 19.9 Å². The maximum absolute atomic E-state index is 4.41. The Morgan fingerprint density at radius 3 is 1.69 bits per heavy atom. The van der Waals surface area contributed by atoms with Gasteiger partial charge in [-0.3, -0.25) is 19.9 Å². The lowest BCUT2D eigenvalue weighted by Crippen LogP contribution is -1.92. The van der Waals surface area contributed by atoms with Gasteiger partial charge in [-0.15, -0.1) is 0 Å². The molecule has 0 saturated heterocycles. The number of fused-ring (bicyclic) bond motifs is 3. The highest BCUT2D eigenvalue weighted by molar-refractivity contribution is 5.85. The summed E-state index contributed by atoms with van der Waals surface area (Å²) in [7, 11) is 0. The second-order valence-electron chi connectivity index (χ2n) is 10.6. The molecule has 0 fully saturated rings. The Kier molecular flexibility index (Phi) is 9.32. The largest absolute Gasteiger partial charge is 0.262 e. The number of para-hydroxylation sites is 1. The summed E-state index contributed by atoms with van der Waals surface area (Å²) in [5.41, 5.74) is 5.98. The summed E-state index contributed by atoms with van der Waals surface area (Å²) >= 11 is 0. The molecule has 0 spiro atoms. The van der Waals surface area contributed by atoms with Crippen LogP contribution in [0.3, 0.4) is 0 Å². The van der Waals surface area contributed by atoms with E-state index >= 15 is 0 Å². The second kappa shape index (κ2) is 13.1. The van der Waals surface area contributed by atoms with Crippen molar-refractivity contribution < 1.29 is 0 Å². The van der Waals surface area contributed by atoms with Crippen LogP contribution in [0, 0.1) is 0 Å². The zero-order valence-electron chi connectivity index (χ0n) is 23.8. The van der Waals surface area contributed by atoms with Gasteiger partial charge in [0.15, 0.2) is 0 Å². The Bertz CT molecular complexity index is 1440. The molecule has 39 heavy (non-hydrogen) atoms. The van der Waals surface area contributed by atoms with Crippen molar-refractivity contribution in [3.05, 3.63) is 121 Å². The molecule has 2 aromatic carbocycles. The van der Waals surface area contributed by atoms with Gasteiger partial charge in [-0.25, -0.2) is 0 Å². The molecule has 6 aromatic rings. The summed E-state index contributed by atoms with van der Waals surface area (Å²) in [5, 5.41) is 5.05. The van der Waals surface area contributed by atoms with Gasteiger partial charge in [0.2, 0.25) is 0 Å². The average molecular weight is 515 g/mol. The van der Waals surface area contributed by atoms with Crippen LogP contribution in [0.1, 0.15) is 76.1 Å². The molecule has 0 aliphatic heterocycles. The van der Waals surface area contributed by atoms with E-state index in [-0.39, 0.29) is 0 Å². The van der Waals surface area contributed by atoms with Gasteiger partial charge in [0.1, 0.15) is 0 Å². The van der Waals surface area contributed by atoms with Crippen LogP contribution in [-0.2, 0) is 0 Å². The molecule has 4 aromatic heterocycles. The van der Waals surface area contributed by atoms with E-state index in [0.29, 0.717) is 17.8 Å². The minimum absolute atomic E-state index is 0.492. The molecule has 4 heterocycles. The van der Waals surface area contributed by atoms with Gasteiger partial charge in [-0.05, 0) is 64.6 Å². The van der Waals surface area contributed by atoms with Gasteiger partial charge in [-0.1, -0.05) is 84.0 Å². The number of hydrogen-bond acceptors (Lipinski definition) is 4. The lowest BCUT2D eigenvalue weighted by molar-refractivity contribution is 0.834. The molecule has 4 nitrogen and oxygen atoms in total. The quantitative estimate of drug-likeness (QED) is 0.236. The third kappa shape index (κ3) is 6.83. The van der Waals surface area contributed by atoms with E-state index in [1.165, 1.54) is 38.4 Å². The van der Waals surface area contributed by atoms with Crippen molar-refractivity contribution in [3.63, 3.8) is 0 Å². The van der Waals surface area contributed by atoms with Crippen LogP contribution >= 0.6 is 0 Å². The molecule has 6 rings (SSSR count). The Labute approximate surface area is 232 Å². The van der Waals surface area contributed by atoms with Gasteiger partial charge < -0.3 is 0 Å². The van der Waals surface area contributed by atoms with Crippen molar-refractivity contribution in [2.45, 2.75) is 59.3 Å². The molecule has 0 unspecified atom stereocenters. The molecule has 0 radical (unpaired) electrons. The van der Waals surface area contributed by atoms with Crippen molar-refractivity contribution >= 4 is 32.6 Å². The smallest absolute Gasteiger partial charge is 0.0887 e. The Morgan fingerprint density at radius 1 is 0.462 bits per heavy atom. The molecule has 4 heteroatoms. The maximum atomic E-state index is 4.41. The zero-order valence-corrected chi connectivity index (χ0v) is 23.8. The molecule has 0 bridgehead atoms. The predicted molar refractivity (Wildman–Crippen MR) is 165 cm³/mol. The molecule has 198 valence electrons. The Morgan fingerprint density at radius 2 is 1.03 bits per heavy atom. The highest BCUT2D eigenvalue weighted by atomic mass is 14.7. The summed E-state index contributed by atoms with van der Waals surface area (Å²) < 4.78 is 0. The van der Waals surface area contributed by atoms with E-state index in [2.05, 4.69) is 122 Å². The van der Waals surface area contributed by atoms with Crippen molar-refractivity contribution in [3.8, 4) is 0 Å². The normalized spacial score (nSPS) is 11.0. The number of aromatic nitrogens is 4. The number of hydrogen-bond donors (Lipinski definition) is 0. The lowest BCUT2D eigenvalue weighted by Gasteiger charge is -2.08. The maximum Gasteiger partial charge on any atom is 0.0887 e. The summed E-state index contributed by atoms with van der Waals surface area (Å²) in [6.45, 7) is 13.2. The first kappa shape index (κ1) is 27.8. The van der Waals surface area contributed by atoms with Crippen molar-refractivity contribution in [2.75, 3.05) is 0 Å². The fraction of sp³-hybridized carbons (Fsp3) is 0.257. The van der Waals surface area contributed by atoms with E-state index < -0.39 is 0 Å². The van der Waals surface area contributed by atoms with Crippen LogP contribution in [0.2, 0.25) is 0 Å². The molecule has 0 saturated carbocycles. The molecule has 0 aliphatic rings. The average Bonchev–Trinajstić information content (AvgIpc) is 2.96. The monoisotopic (exact) mass is 514 g/mol. The summed E-state index contributed by atoms with van der Waals surface area (Å²) in [6.07, 6.45) is 9.24. The van der Waals surface area contributed by atoms with Gasteiger partial charge in [-0.2, -0.15) is 0 Å². The molecule has 0 N–H and O–H groups in total. The first-order chi connectivity index (χ1) is 18.9. The van der Waals surface area contributed by atoms with E-state index in [1.54, 1.807) is 6.20 Å². The third-order valence-electron chi connectivity index (χ3n) is 6.76. The van der Waals surface area contributed by atoms with Gasteiger partial charge >= 0.3 is 0 Å². The minimum Gasteiger partial charge on any atom is -0.262 e. The van der Waals surface area contributed by atoms with Crippen molar-refractivity contribution in [1.29, 1.82) is 0 Å². The van der Waals surface area contributed by atoms with Gasteiger partial charge in [0.05, 0.1) is 22.9 Å². The number of benzene rings is 2. The predicted octanol–water partition coefficient (Wildman–Crippen LogP) is 9.47. The summed E-state index contributed by atoms with van der Waals surface area (Å²) in [5.74, 6) is 1.59. The van der Waals surface area contributed by atoms with E-state index in [0.717, 1.165) is 11.0 Å². The van der Waals surface area contributed by atoms with Crippen LogP contribution in [0.15, 0.2) is 104 Å². The Hall–Kier alpha value is -4.18. The van der Waals surface area contributed by atoms with Gasteiger partial charge in [0, 0.05) is 40.9 Å². The number of pyridine rings is 4. The van der Waals surface area contributed by atoms with Crippen LogP contribution < -0.4 is 0 Å². The third-order valence-corrected chi connectivity index (χ3v) is 6.76. The standard InChI is InChI=1S/2C12H13N.C11H12N2/c1-9(2)10-7-8-13-12-6-4-3-5-11(10)12;1-9(2)12-11-6-4-3-5-10(11)7-8-13-12;1-8(2)9-4-6-13-11-7-12-5-3-10(9)11/h2*3-9H,1-2H3;3-8H,1-2H3. The highest BCUT2D eigenvalue weighted by Gasteiger charge is 2.06. The first-order valence-corrected chi connectivity index (χ1v) is 13.7. The number of rotatable bonds is 3. The fourth-order valence-electron chi connectivity index (χ4n) is 4.75. The molecule has 0 amide bonds. The van der Waals surface area contributed by atoms with Gasteiger partial charge in [0.25, 0.3) is 0 Å². The molecular formula is C35H38N4. The van der Waals surface area contributed by atoms with E-state index in [9.17, 15) is 0 Å². The minimum atomic E-state index is 0.492. The second-order valence-corrected chi connectivity index (χ2v) is 10.6. The molecule has 0 aliphatic carbocycles. The SMILES string of the molecule is CC(C)c1ccnc2ccccc12.CC(C)c1ccnc2cnccc12.CC(C)c1nccc2ccccc12. The fourth-order valence-corrected chi connectivity index (χ4v) is 4.75. The summed E-state index contributed by atoms with van der Waals surface area (Å²) in [6, 6.07) is 24.9. The first-order valence-electron chi connectivity index (χ1n) is 13.7. The van der Waals surface area contributed by atoms with E-state index in [4.69, 9.17) is 0 Å².